The summed E-state index contributed by atoms with van der Waals surface area (Å²) >= 11 is 0. The molecule has 2 aromatic rings. The Hall–Kier alpha value is -2.15. The van der Waals surface area contributed by atoms with Crippen LogP contribution in [0.3, 0.4) is 0 Å². The Kier molecular flexibility index (Phi) is 3.42. The third kappa shape index (κ3) is 2.57. The summed E-state index contributed by atoms with van der Waals surface area (Å²) in [7, 11) is 0. The van der Waals surface area contributed by atoms with E-state index in [1.54, 1.807) is 6.07 Å². The van der Waals surface area contributed by atoms with Gasteiger partial charge in [0.15, 0.2) is 0 Å². The van der Waals surface area contributed by atoms with E-state index in [2.05, 4.69) is 15.3 Å². The Morgan fingerprint density at radius 3 is 3.06 bits per heavy atom. The molecule has 0 bridgehead atoms. The summed E-state index contributed by atoms with van der Waals surface area (Å²) in [6, 6.07) is 4.55. The van der Waals surface area contributed by atoms with Crippen molar-refractivity contribution in [3.8, 4) is 0 Å². The molecule has 1 aromatic heterocycles. The third-order valence-corrected chi connectivity index (χ3v) is 2.62. The number of aliphatic hydroxyl groups is 1. The number of H-pyrrole nitrogens is 1. The van der Waals surface area contributed by atoms with Crippen molar-refractivity contribution < 1.29 is 10.0 Å². The van der Waals surface area contributed by atoms with E-state index in [9.17, 15) is 10.1 Å². The molecule has 0 spiro atoms. The van der Waals surface area contributed by atoms with Crippen molar-refractivity contribution in [2.45, 2.75) is 19.4 Å². The minimum Gasteiger partial charge on any atom is -0.396 e. The Morgan fingerprint density at radius 2 is 2.39 bits per heavy atom. The van der Waals surface area contributed by atoms with Crippen LogP contribution in [0.5, 0.6) is 0 Å². The van der Waals surface area contributed by atoms with Crippen molar-refractivity contribution in [1.29, 1.82) is 0 Å². The predicted molar refractivity (Wildman–Crippen MR) is 67.5 cm³/mol. The maximum Gasteiger partial charge on any atom is 0.271 e. The van der Waals surface area contributed by atoms with Crippen LogP contribution in [0.4, 0.5) is 11.6 Å². The van der Waals surface area contributed by atoms with Crippen LogP contribution in [-0.2, 0) is 0 Å². The molecule has 0 amide bonds. The van der Waals surface area contributed by atoms with Gasteiger partial charge >= 0.3 is 0 Å². The van der Waals surface area contributed by atoms with Crippen molar-refractivity contribution in [1.82, 2.24) is 9.97 Å². The third-order valence-electron chi connectivity index (χ3n) is 2.62. The number of aromatic amines is 1. The number of nitro groups is 1. The first kappa shape index (κ1) is 12.3. The van der Waals surface area contributed by atoms with Crippen LogP contribution in [-0.4, -0.2) is 32.6 Å². The van der Waals surface area contributed by atoms with Gasteiger partial charge in [-0.3, -0.25) is 10.1 Å². The van der Waals surface area contributed by atoms with Gasteiger partial charge in [-0.2, -0.15) is 0 Å². The van der Waals surface area contributed by atoms with Crippen molar-refractivity contribution >= 4 is 22.7 Å². The number of nitrogens with zero attached hydrogens (tertiary/aromatic N) is 2. The molecule has 7 heteroatoms. The molecule has 0 aliphatic rings. The van der Waals surface area contributed by atoms with E-state index in [0.29, 0.717) is 23.4 Å². The zero-order chi connectivity index (χ0) is 13.1. The predicted octanol–water partition coefficient (Wildman–Crippen LogP) is 1.65. The lowest BCUT2D eigenvalue weighted by Crippen LogP contribution is -2.17. The Balaban J connectivity index is 2.24. The van der Waals surface area contributed by atoms with E-state index in [0.717, 1.165) is 0 Å². The molecule has 18 heavy (non-hydrogen) atoms. The molecule has 1 heterocycles. The number of imidazole rings is 1. The molecule has 1 aromatic carbocycles. The fraction of sp³-hybridized carbons (Fsp3) is 0.364. The monoisotopic (exact) mass is 250 g/mol. The highest BCUT2D eigenvalue weighted by molar-refractivity contribution is 5.79. The standard InChI is InChI=1S/C11H14N4O3/c1-7(4-5-16)12-11-13-9-3-2-8(15(17)18)6-10(9)14-11/h2-3,6-7,16H,4-5H2,1H3,(H2,12,13,14). The number of hydrogen-bond donors (Lipinski definition) is 3. The van der Waals surface area contributed by atoms with Crippen LogP contribution < -0.4 is 5.32 Å². The van der Waals surface area contributed by atoms with Crippen LogP contribution in [0.2, 0.25) is 0 Å². The van der Waals surface area contributed by atoms with Crippen LogP contribution in [0.15, 0.2) is 18.2 Å². The molecule has 3 N–H and O–H groups in total. The van der Waals surface area contributed by atoms with Gasteiger partial charge in [-0.15, -0.1) is 0 Å². The van der Waals surface area contributed by atoms with Gasteiger partial charge in [-0.05, 0) is 19.4 Å². The zero-order valence-electron chi connectivity index (χ0n) is 9.88. The Labute approximate surface area is 103 Å². The van der Waals surface area contributed by atoms with E-state index in [1.165, 1.54) is 12.1 Å². The molecule has 0 radical (unpaired) electrons. The number of benzene rings is 1. The van der Waals surface area contributed by atoms with Gasteiger partial charge in [0.25, 0.3) is 5.69 Å². The minimum atomic E-state index is -0.443. The SMILES string of the molecule is CC(CCO)Nc1nc2ccc([N+](=O)[O-])cc2[nH]1. The summed E-state index contributed by atoms with van der Waals surface area (Å²) in [5, 5.41) is 22.5. The van der Waals surface area contributed by atoms with Crippen molar-refractivity contribution in [3.63, 3.8) is 0 Å². The maximum absolute atomic E-state index is 10.6. The topological polar surface area (TPSA) is 104 Å². The van der Waals surface area contributed by atoms with Gasteiger partial charge in [-0.25, -0.2) is 4.98 Å². The van der Waals surface area contributed by atoms with E-state index >= 15 is 0 Å². The number of fused-ring (bicyclic) bond motifs is 1. The molecule has 0 fully saturated rings. The molecule has 0 aliphatic heterocycles. The molecular formula is C11H14N4O3. The van der Waals surface area contributed by atoms with Crippen LogP contribution in [0, 0.1) is 10.1 Å². The number of aromatic nitrogens is 2. The van der Waals surface area contributed by atoms with E-state index in [1.807, 2.05) is 6.92 Å². The lowest BCUT2D eigenvalue weighted by Gasteiger charge is -2.10. The summed E-state index contributed by atoms with van der Waals surface area (Å²) in [6.07, 6.45) is 0.608. The van der Waals surface area contributed by atoms with Crippen molar-refractivity contribution in [2.24, 2.45) is 0 Å². The van der Waals surface area contributed by atoms with Crippen molar-refractivity contribution in [3.05, 3.63) is 28.3 Å². The molecule has 1 atom stereocenters. The van der Waals surface area contributed by atoms with Gasteiger partial charge in [0.1, 0.15) is 0 Å². The number of nitro benzene ring substituents is 1. The molecular weight excluding hydrogens is 236 g/mol. The molecule has 0 saturated heterocycles. The number of aliphatic hydroxyl groups excluding tert-OH is 1. The number of non-ortho nitro benzene ring substituents is 1. The first-order chi connectivity index (χ1) is 8.60. The second-order valence-electron chi connectivity index (χ2n) is 4.10. The van der Waals surface area contributed by atoms with Gasteiger partial charge in [0, 0.05) is 24.8 Å². The highest BCUT2D eigenvalue weighted by Gasteiger charge is 2.10. The first-order valence-electron chi connectivity index (χ1n) is 5.61. The largest absolute Gasteiger partial charge is 0.396 e. The highest BCUT2D eigenvalue weighted by atomic mass is 16.6. The molecule has 2 rings (SSSR count). The fourth-order valence-electron chi connectivity index (χ4n) is 1.68. The number of hydrogen-bond acceptors (Lipinski definition) is 5. The molecule has 0 saturated carbocycles. The van der Waals surface area contributed by atoms with Gasteiger partial charge in [0.2, 0.25) is 5.95 Å². The van der Waals surface area contributed by atoms with Crippen LogP contribution >= 0.6 is 0 Å². The number of anilines is 1. The van der Waals surface area contributed by atoms with Gasteiger partial charge < -0.3 is 15.4 Å². The average molecular weight is 250 g/mol. The second kappa shape index (κ2) is 5.01. The summed E-state index contributed by atoms with van der Waals surface area (Å²) in [4.78, 5) is 17.4. The normalized spacial score (nSPS) is 12.6. The van der Waals surface area contributed by atoms with Gasteiger partial charge in [-0.1, -0.05) is 0 Å². The number of rotatable bonds is 5. The zero-order valence-corrected chi connectivity index (χ0v) is 9.88. The fourth-order valence-corrected chi connectivity index (χ4v) is 1.68. The quantitative estimate of drug-likeness (QED) is 0.553. The lowest BCUT2D eigenvalue weighted by atomic mass is 10.2. The highest BCUT2D eigenvalue weighted by Crippen LogP contribution is 2.20. The number of nitrogens with one attached hydrogen (secondary N) is 2. The molecule has 7 nitrogen and oxygen atoms in total. The van der Waals surface area contributed by atoms with Crippen molar-refractivity contribution in [2.75, 3.05) is 11.9 Å². The van der Waals surface area contributed by atoms with E-state index < -0.39 is 4.92 Å². The Bertz CT molecular complexity index is 566. The van der Waals surface area contributed by atoms with Crippen LogP contribution in [0.25, 0.3) is 11.0 Å². The second-order valence-corrected chi connectivity index (χ2v) is 4.10. The summed E-state index contributed by atoms with van der Waals surface area (Å²) < 4.78 is 0. The van der Waals surface area contributed by atoms with E-state index in [4.69, 9.17) is 5.11 Å². The summed E-state index contributed by atoms with van der Waals surface area (Å²) in [5.74, 6) is 0.548. The smallest absolute Gasteiger partial charge is 0.271 e. The molecule has 1 unspecified atom stereocenters. The Morgan fingerprint density at radius 1 is 1.61 bits per heavy atom. The molecule has 0 aliphatic carbocycles. The summed E-state index contributed by atoms with van der Waals surface area (Å²) in [6.45, 7) is 2.02. The minimum absolute atomic E-state index is 0.0288. The first-order valence-corrected chi connectivity index (χ1v) is 5.61. The molecule has 96 valence electrons. The lowest BCUT2D eigenvalue weighted by molar-refractivity contribution is -0.384. The van der Waals surface area contributed by atoms with Crippen LogP contribution in [0.1, 0.15) is 13.3 Å². The maximum atomic E-state index is 10.6. The van der Waals surface area contributed by atoms with E-state index in [-0.39, 0.29) is 18.3 Å². The average Bonchev–Trinajstić information content (AvgIpc) is 2.69. The summed E-state index contributed by atoms with van der Waals surface area (Å²) in [5.41, 5.74) is 1.31. The van der Waals surface area contributed by atoms with Gasteiger partial charge in [0.05, 0.1) is 16.0 Å².